The maximum absolute atomic E-state index is 12.6. The molecule has 1 aromatic heterocycles. The highest BCUT2D eigenvalue weighted by Gasteiger charge is 2.27. The second-order valence-corrected chi connectivity index (χ2v) is 6.42. The summed E-state index contributed by atoms with van der Waals surface area (Å²) in [4.78, 5) is 19.4. The molecule has 0 aliphatic carbocycles. The number of nitrogens with zero attached hydrogens (tertiary/aromatic N) is 2. The van der Waals surface area contributed by atoms with E-state index >= 15 is 0 Å². The highest BCUT2D eigenvalue weighted by atomic mass is 32.1. The van der Waals surface area contributed by atoms with E-state index in [0.29, 0.717) is 19.7 Å². The van der Waals surface area contributed by atoms with E-state index in [-0.39, 0.29) is 12.0 Å². The first-order valence-corrected chi connectivity index (χ1v) is 8.49. The zero-order chi connectivity index (χ0) is 16.2. The molecule has 1 atom stereocenters. The van der Waals surface area contributed by atoms with Gasteiger partial charge in [0.05, 0.1) is 31.0 Å². The maximum atomic E-state index is 12.6. The van der Waals surface area contributed by atoms with E-state index in [4.69, 9.17) is 9.47 Å². The van der Waals surface area contributed by atoms with E-state index < -0.39 is 0 Å². The molecule has 0 spiro atoms. The summed E-state index contributed by atoms with van der Waals surface area (Å²) in [5.74, 6) is 0.899. The average Bonchev–Trinajstić information content (AvgIpc) is 3.00. The van der Waals surface area contributed by atoms with Crippen molar-refractivity contribution in [3.05, 3.63) is 45.9 Å². The molecule has 0 saturated carbocycles. The van der Waals surface area contributed by atoms with Crippen molar-refractivity contribution in [3.8, 4) is 5.75 Å². The Morgan fingerprint density at radius 1 is 1.52 bits per heavy atom. The van der Waals surface area contributed by atoms with Crippen LogP contribution in [0.1, 0.15) is 20.9 Å². The molecule has 2 aromatic rings. The Hall–Kier alpha value is -1.92. The lowest BCUT2D eigenvalue weighted by atomic mass is 10.1. The molecule has 2 heterocycles. The minimum atomic E-state index is 0.00744. The molecule has 1 aliphatic rings. The van der Waals surface area contributed by atoms with Crippen LogP contribution in [0.5, 0.6) is 5.75 Å². The second-order valence-electron chi connectivity index (χ2n) is 5.57. The fraction of sp³-hybridized carbons (Fsp3) is 0.412. The van der Waals surface area contributed by atoms with E-state index in [9.17, 15) is 4.79 Å². The molecule has 3 rings (SSSR count). The van der Waals surface area contributed by atoms with Gasteiger partial charge in [0.2, 0.25) is 0 Å². The van der Waals surface area contributed by atoms with Gasteiger partial charge in [-0.05, 0) is 24.6 Å². The highest BCUT2D eigenvalue weighted by Crippen LogP contribution is 2.20. The normalized spacial score (nSPS) is 18.0. The molecule has 0 unspecified atom stereocenters. The molecule has 0 bridgehead atoms. The van der Waals surface area contributed by atoms with E-state index in [2.05, 4.69) is 11.1 Å². The summed E-state index contributed by atoms with van der Waals surface area (Å²) in [7, 11) is 1.66. The Morgan fingerprint density at radius 3 is 3.13 bits per heavy atom. The molecular formula is C17H20N2O3S. The van der Waals surface area contributed by atoms with Gasteiger partial charge in [0.15, 0.2) is 0 Å². The smallest absolute Gasteiger partial charge is 0.266 e. The third-order valence-electron chi connectivity index (χ3n) is 3.96. The number of methoxy groups -OCH3 is 1. The van der Waals surface area contributed by atoms with Gasteiger partial charge in [-0.2, -0.15) is 0 Å². The fourth-order valence-corrected chi connectivity index (χ4v) is 3.51. The third-order valence-corrected chi connectivity index (χ3v) is 4.88. The Kier molecular flexibility index (Phi) is 4.93. The van der Waals surface area contributed by atoms with Gasteiger partial charge >= 0.3 is 0 Å². The number of aromatic nitrogens is 1. The summed E-state index contributed by atoms with van der Waals surface area (Å²) in [5.41, 5.74) is 3.67. The largest absolute Gasteiger partial charge is 0.497 e. The molecule has 1 fully saturated rings. The number of hydrogen-bond acceptors (Lipinski definition) is 5. The monoisotopic (exact) mass is 332 g/mol. The molecule has 1 aliphatic heterocycles. The van der Waals surface area contributed by atoms with Crippen LogP contribution in [-0.2, 0) is 11.2 Å². The number of morpholine rings is 1. The number of benzene rings is 1. The zero-order valence-corrected chi connectivity index (χ0v) is 14.1. The summed E-state index contributed by atoms with van der Waals surface area (Å²) in [6.07, 6.45) is 0.774. The van der Waals surface area contributed by atoms with Gasteiger partial charge in [-0.3, -0.25) is 4.79 Å². The van der Waals surface area contributed by atoms with E-state index in [0.717, 1.165) is 28.3 Å². The lowest BCUT2D eigenvalue weighted by Gasteiger charge is -2.33. The second kappa shape index (κ2) is 7.10. The van der Waals surface area contributed by atoms with Crippen LogP contribution in [-0.4, -0.2) is 48.7 Å². The molecule has 0 N–H and O–H groups in total. The molecular weight excluding hydrogens is 312 g/mol. The predicted molar refractivity (Wildman–Crippen MR) is 89.2 cm³/mol. The van der Waals surface area contributed by atoms with Gasteiger partial charge in [0.1, 0.15) is 10.6 Å². The van der Waals surface area contributed by atoms with E-state index in [1.807, 2.05) is 30.0 Å². The topological polar surface area (TPSA) is 51.7 Å². The van der Waals surface area contributed by atoms with Crippen LogP contribution in [0.2, 0.25) is 0 Å². The molecule has 1 amide bonds. The van der Waals surface area contributed by atoms with Gasteiger partial charge < -0.3 is 14.4 Å². The third kappa shape index (κ3) is 3.71. The number of amides is 1. The summed E-state index contributed by atoms with van der Waals surface area (Å²) in [6, 6.07) is 7.96. The van der Waals surface area contributed by atoms with Crippen molar-refractivity contribution in [1.29, 1.82) is 0 Å². The first-order valence-electron chi connectivity index (χ1n) is 7.61. The van der Waals surface area contributed by atoms with Crippen molar-refractivity contribution in [2.45, 2.75) is 19.4 Å². The number of carbonyl (C=O) groups is 1. The summed E-state index contributed by atoms with van der Waals surface area (Å²) in [6.45, 7) is 3.67. The summed E-state index contributed by atoms with van der Waals surface area (Å²) >= 11 is 1.40. The predicted octanol–water partition coefficient (Wildman–Crippen LogP) is 2.54. The lowest BCUT2D eigenvalue weighted by Crippen LogP contribution is -2.46. The first kappa shape index (κ1) is 16.0. The van der Waals surface area contributed by atoms with Gasteiger partial charge in [0, 0.05) is 19.5 Å². The van der Waals surface area contributed by atoms with E-state index in [1.54, 1.807) is 12.6 Å². The highest BCUT2D eigenvalue weighted by molar-refractivity contribution is 7.11. The van der Waals surface area contributed by atoms with Crippen molar-refractivity contribution >= 4 is 17.2 Å². The number of hydrogen-bond donors (Lipinski definition) is 0. The molecule has 122 valence electrons. The number of ether oxygens (including phenoxy) is 2. The van der Waals surface area contributed by atoms with Gasteiger partial charge in [-0.1, -0.05) is 12.1 Å². The maximum Gasteiger partial charge on any atom is 0.266 e. The van der Waals surface area contributed by atoms with Gasteiger partial charge in [0.25, 0.3) is 5.91 Å². The van der Waals surface area contributed by atoms with Crippen molar-refractivity contribution in [2.75, 3.05) is 26.8 Å². The molecule has 23 heavy (non-hydrogen) atoms. The minimum Gasteiger partial charge on any atom is -0.497 e. The Balaban J connectivity index is 1.66. The molecule has 5 nitrogen and oxygen atoms in total. The average molecular weight is 332 g/mol. The molecule has 0 radical (unpaired) electrons. The van der Waals surface area contributed by atoms with Crippen LogP contribution in [0.3, 0.4) is 0 Å². The molecule has 6 heteroatoms. The number of carbonyl (C=O) groups excluding carboxylic acids is 1. The van der Waals surface area contributed by atoms with Crippen molar-refractivity contribution in [2.24, 2.45) is 0 Å². The van der Waals surface area contributed by atoms with Crippen LogP contribution in [0.15, 0.2) is 29.8 Å². The van der Waals surface area contributed by atoms with Crippen LogP contribution >= 0.6 is 11.3 Å². The van der Waals surface area contributed by atoms with Crippen LogP contribution in [0, 0.1) is 6.92 Å². The molecule has 1 aromatic carbocycles. The fourth-order valence-electron chi connectivity index (χ4n) is 2.74. The van der Waals surface area contributed by atoms with Crippen LogP contribution in [0.4, 0.5) is 0 Å². The van der Waals surface area contributed by atoms with Crippen LogP contribution < -0.4 is 4.74 Å². The number of aryl methyl sites for hydroxylation is 1. The van der Waals surface area contributed by atoms with Crippen LogP contribution in [0.25, 0.3) is 0 Å². The minimum absolute atomic E-state index is 0.00744. The van der Waals surface area contributed by atoms with E-state index in [1.165, 1.54) is 11.3 Å². The van der Waals surface area contributed by atoms with Crippen molar-refractivity contribution in [3.63, 3.8) is 0 Å². The van der Waals surface area contributed by atoms with Gasteiger partial charge in [-0.15, -0.1) is 11.3 Å². The molecule has 1 saturated heterocycles. The Morgan fingerprint density at radius 2 is 2.39 bits per heavy atom. The number of thiazole rings is 1. The lowest BCUT2D eigenvalue weighted by molar-refractivity contribution is -0.0207. The zero-order valence-electron chi connectivity index (χ0n) is 13.3. The van der Waals surface area contributed by atoms with Crippen molar-refractivity contribution in [1.82, 2.24) is 9.88 Å². The Bertz CT molecular complexity index is 686. The standard InChI is InChI=1S/C17H20N2O3S/c1-12-16(23-11-18-12)17(20)19-6-7-22-15(10-19)9-13-4-3-5-14(8-13)21-2/h3-5,8,11,15H,6-7,9-10H2,1-2H3/t15-/m0/s1. The number of rotatable bonds is 4. The Labute approximate surface area is 139 Å². The summed E-state index contributed by atoms with van der Waals surface area (Å²) < 4.78 is 11.1. The van der Waals surface area contributed by atoms with Gasteiger partial charge in [-0.25, -0.2) is 4.98 Å². The SMILES string of the molecule is COc1cccc(C[C@H]2CN(C(=O)c3scnc3C)CCO2)c1. The van der Waals surface area contributed by atoms with Crippen molar-refractivity contribution < 1.29 is 14.3 Å². The quantitative estimate of drug-likeness (QED) is 0.863. The summed E-state index contributed by atoms with van der Waals surface area (Å²) in [5, 5.41) is 0. The first-order chi connectivity index (χ1) is 11.2.